The van der Waals surface area contributed by atoms with Gasteiger partial charge in [-0.15, -0.1) is 0 Å². The molecule has 4 nitrogen and oxygen atoms in total. The summed E-state index contributed by atoms with van der Waals surface area (Å²) in [7, 11) is 0. The maximum atomic E-state index is 4.62. The molecule has 0 saturated heterocycles. The van der Waals surface area contributed by atoms with Crippen LogP contribution < -0.4 is 10.6 Å². The monoisotopic (exact) mass is 304 g/mol. The summed E-state index contributed by atoms with van der Waals surface area (Å²) in [5, 5.41) is 8.47. The molecular weight excluding hydrogens is 280 g/mol. The zero-order chi connectivity index (χ0) is 15.1. The highest BCUT2D eigenvalue weighted by Crippen LogP contribution is 2.22. The van der Waals surface area contributed by atoms with E-state index < -0.39 is 0 Å². The van der Waals surface area contributed by atoms with Gasteiger partial charge >= 0.3 is 0 Å². The highest BCUT2D eigenvalue weighted by molar-refractivity contribution is 7.99. The lowest BCUT2D eigenvalue weighted by Crippen LogP contribution is -2.11. The Labute approximate surface area is 131 Å². The number of anilines is 2. The van der Waals surface area contributed by atoms with Gasteiger partial charge in [-0.25, -0.2) is 4.98 Å². The highest BCUT2D eigenvalue weighted by Gasteiger charge is 2.07. The van der Waals surface area contributed by atoms with Crippen molar-refractivity contribution in [3.8, 4) is 0 Å². The first-order valence-electron chi connectivity index (χ1n) is 7.52. The minimum absolute atomic E-state index is 0.656. The number of nitrogens with zero attached hydrogens (tertiary/aromatic N) is 2. The smallest absolute Gasteiger partial charge is 0.225 e. The van der Waals surface area contributed by atoms with Crippen LogP contribution in [0.4, 0.5) is 11.8 Å². The fourth-order valence-electron chi connectivity index (χ4n) is 2.04. The lowest BCUT2D eigenvalue weighted by atomic mass is 10.2. The molecular formula is C16H24N4S. The first-order valence-corrected chi connectivity index (χ1v) is 8.80. The lowest BCUT2D eigenvalue weighted by molar-refractivity contribution is 0.850. The number of hydrogen-bond donors (Lipinski definition) is 2. The number of thioether (sulfide) groups is 1. The molecule has 1 heterocycles. The van der Waals surface area contributed by atoms with E-state index >= 15 is 0 Å². The van der Waals surface area contributed by atoms with Gasteiger partial charge in [0.25, 0.3) is 0 Å². The van der Waals surface area contributed by atoms with Gasteiger partial charge in [0.1, 0.15) is 5.82 Å². The van der Waals surface area contributed by atoms with Crippen molar-refractivity contribution in [2.75, 3.05) is 30.0 Å². The van der Waals surface area contributed by atoms with Crippen molar-refractivity contribution in [3.63, 3.8) is 0 Å². The maximum absolute atomic E-state index is 4.62. The van der Waals surface area contributed by atoms with Crippen LogP contribution >= 0.6 is 11.8 Å². The summed E-state index contributed by atoms with van der Waals surface area (Å²) < 4.78 is 0. The van der Waals surface area contributed by atoms with Crippen molar-refractivity contribution in [2.45, 2.75) is 31.9 Å². The summed E-state index contributed by atoms with van der Waals surface area (Å²) >= 11 is 1.89. The molecule has 21 heavy (non-hydrogen) atoms. The number of aromatic nitrogens is 2. The molecule has 1 atom stereocenters. The second-order valence-corrected chi connectivity index (χ2v) is 6.38. The highest BCUT2D eigenvalue weighted by atomic mass is 32.2. The number of para-hydroxylation sites is 1. The van der Waals surface area contributed by atoms with Gasteiger partial charge in [0.05, 0.1) is 5.52 Å². The SMILES string of the molecule is CCCNc1nc(NCCC(C)SC)c2ccccc2n1. The largest absolute Gasteiger partial charge is 0.369 e. The predicted octanol–water partition coefficient (Wildman–Crippen LogP) is 4.01. The number of rotatable bonds is 8. The summed E-state index contributed by atoms with van der Waals surface area (Å²) in [4.78, 5) is 9.19. The van der Waals surface area contributed by atoms with Gasteiger partial charge in [-0.2, -0.15) is 16.7 Å². The maximum Gasteiger partial charge on any atom is 0.225 e. The average Bonchev–Trinajstić information content (AvgIpc) is 2.52. The van der Waals surface area contributed by atoms with E-state index in [1.807, 2.05) is 30.0 Å². The van der Waals surface area contributed by atoms with E-state index in [0.717, 1.165) is 42.7 Å². The summed E-state index contributed by atoms with van der Waals surface area (Å²) in [6.45, 7) is 6.20. The van der Waals surface area contributed by atoms with Crippen LogP contribution in [0.5, 0.6) is 0 Å². The third kappa shape index (κ3) is 4.49. The van der Waals surface area contributed by atoms with E-state index in [9.17, 15) is 0 Å². The summed E-state index contributed by atoms with van der Waals surface area (Å²) in [5.74, 6) is 1.63. The Balaban J connectivity index is 2.18. The number of benzene rings is 1. The Kier molecular flexibility index (Phi) is 6.11. The number of hydrogen-bond acceptors (Lipinski definition) is 5. The van der Waals surface area contributed by atoms with Crippen molar-refractivity contribution in [1.29, 1.82) is 0 Å². The summed E-state index contributed by atoms with van der Waals surface area (Å²) in [6, 6.07) is 8.14. The molecule has 114 valence electrons. The van der Waals surface area contributed by atoms with E-state index in [1.165, 1.54) is 0 Å². The molecule has 0 saturated carbocycles. The zero-order valence-electron chi connectivity index (χ0n) is 13.0. The summed E-state index contributed by atoms with van der Waals surface area (Å²) in [5.41, 5.74) is 0.978. The molecule has 2 rings (SSSR count). The molecule has 0 spiro atoms. The van der Waals surface area contributed by atoms with Crippen LogP contribution in [-0.4, -0.2) is 34.6 Å². The quantitative estimate of drug-likeness (QED) is 0.772. The fraction of sp³-hybridized carbons (Fsp3) is 0.500. The first kappa shape index (κ1) is 15.9. The van der Waals surface area contributed by atoms with E-state index in [-0.39, 0.29) is 0 Å². The Hall–Kier alpha value is -1.49. The molecule has 0 bridgehead atoms. The minimum Gasteiger partial charge on any atom is -0.369 e. The normalized spacial score (nSPS) is 12.3. The first-order chi connectivity index (χ1) is 10.2. The van der Waals surface area contributed by atoms with E-state index in [1.54, 1.807) is 0 Å². The predicted molar refractivity (Wildman–Crippen MR) is 94.4 cm³/mol. The van der Waals surface area contributed by atoms with Crippen molar-refractivity contribution < 1.29 is 0 Å². The number of fused-ring (bicyclic) bond motifs is 1. The van der Waals surface area contributed by atoms with E-state index in [2.05, 4.69) is 46.8 Å². The van der Waals surface area contributed by atoms with Crippen LogP contribution in [0, 0.1) is 0 Å². The fourth-order valence-corrected chi connectivity index (χ4v) is 2.39. The molecule has 0 fully saturated rings. The average molecular weight is 304 g/mol. The standard InChI is InChI=1S/C16H24N4S/c1-4-10-18-16-19-14-8-6-5-7-13(14)15(20-16)17-11-9-12(2)21-3/h5-8,12H,4,9-11H2,1-3H3,(H2,17,18,19,20). The van der Waals surface area contributed by atoms with Gasteiger partial charge in [-0.3, -0.25) is 0 Å². The van der Waals surface area contributed by atoms with Gasteiger partial charge in [0.15, 0.2) is 0 Å². The van der Waals surface area contributed by atoms with Crippen LogP contribution in [0.15, 0.2) is 24.3 Å². The van der Waals surface area contributed by atoms with Gasteiger partial charge < -0.3 is 10.6 Å². The van der Waals surface area contributed by atoms with Crippen molar-refractivity contribution >= 4 is 34.4 Å². The molecule has 0 aliphatic heterocycles. The molecule has 0 aliphatic carbocycles. The molecule has 5 heteroatoms. The molecule has 2 aromatic rings. The van der Waals surface area contributed by atoms with E-state index in [4.69, 9.17) is 0 Å². The molecule has 1 aromatic carbocycles. The topological polar surface area (TPSA) is 49.8 Å². The molecule has 1 unspecified atom stereocenters. The van der Waals surface area contributed by atoms with Crippen LogP contribution in [0.25, 0.3) is 10.9 Å². The molecule has 0 radical (unpaired) electrons. The van der Waals surface area contributed by atoms with Gasteiger partial charge in [-0.1, -0.05) is 26.0 Å². The van der Waals surface area contributed by atoms with E-state index in [0.29, 0.717) is 11.2 Å². The third-order valence-electron chi connectivity index (χ3n) is 3.38. The Morgan fingerprint density at radius 2 is 1.95 bits per heavy atom. The second-order valence-electron chi connectivity index (χ2n) is 5.10. The molecule has 2 N–H and O–H groups in total. The second kappa shape index (κ2) is 8.08. The number of nitrogens with one attached hydrogen (secondary N) is 2. The van der Waals surface area contributed by atoms with Gasteiger partial charge in [0.2, 0.25) is 5.95 Å². The van der Waals surface area contributed by atoms with Crippen molar-refractivity contribution in [3.05, 3.63) is 24.3 Å². The minimum atomic E-state index is 0.656. The molecule has 0 amide bonds. The van der Waals surface area contributed by atoms with Crippen LogP contribution in [-0.2, 0) is 0 Å². The van der Waals surface area contributed by atoms with Crippen LogP contribution in [0.1, 0.15) is 26.7 Å². The lowest BCUT2D eigenvalue weighted by Gasteiger charge is -2.13. The van der Waals surface area contributed by atoms with Crippen LogP contribution in [0.3, 0.4) is 0 Å². The molecule has 0 aliphatic rings. The van der Waals surface area contributed by atoms with Gasteiger partial charge in [0, 0.05) is 23.7 Å². The molecule has 1 aromatic heterocycles. The van der Waals surface area contributed by atoms with Crippen molar-refractivity contribution in [2.24, 2.45) is 0 Å². The van der Waals surface area contributed by atoms with Gasteiger partial charge in [-0.05, 0) is 31.2 Å². The zero-order valence-corrected chi connectivity index (χ0v) is 13.8. The Bertz CT molecular complexity index is 573. The van der Waals surface area contributed by atoms with Crippen molar-refractivity contribution in [1.82, 2.24) is 9.97 Å². The Morgan fingerprint density at radius 3 is 2.71 bits per heavy atom. The van der Waals surface area contributed by atoms with Crippen LogP contribution in [0.2, 0.25) is 0 Å². The Morgan fingerprint density at radius 1 is 1.14 bits per heavy atom. The summed E-state index contributed by atoms with van der Waals surface area (Å²) in [6.07, 6.45) is 4.33. The third-order valence-corrected chi connectivity index (χ3v) is 4.42.